The van der Waals surface area contributed by atoms with Gasteiger partial charge in [-0.05, 0) is 90.4 Å². The van der Waals surface area contributed by atoms with Crippen LogP contribution in [0.25, 0.3) is 21.9 Å². The van der Waals surface area contributed by atoms with Crippen molar-refractivity contribution in [2.75, 3.05) is 18.4 Å². The number of fused-ring (bicyclic) bond motifs is 3. The number of pyridine rings is 1. The maximum atomic E-state index is 4.41. The van der Waals surface area contributed by atoms with Crippen LogP contribution in [0.2, 0.25) is 0 Å². The molecule has 1 aromatic heterocycles. The summed E-state index contributed by atoms with van der Waals surface area (Å²) in [4.78, 5) is 4.41. The number of aryl methyl sites for hydroxylation is 1. The minimum absolute atomic E-state index is 0.543. The summed E-state index contributed by atoms with van der Waals surface area (Å²) >= 11 is 2.10. The molecule has 2 bridgehead atoms. The number of hydrogen-bond acceptors (Lipinski definition) is 4. The molecule has 0 atom stereocenters. The van der Waals surface area contributed by atoms with Crippen LogP contribution >= 0.6 is 11.9 Å². The van der Waals surface area contributed by atoms with Gasteiger partial charge in [-0.15, -0.1) is 0 Å². The second-order valence-electron chi connectivity index (χ2n) is 8.89. The van der Waals surface area contributed by atoms with E-state index < -0.39 is 0 Å². The molecule has 2 heterocycles. The Morgan fingerprint density at radius 2 is 1.86 bits per heavy atom. The summed E-state index contributed by atoms with van der Waals surface area (Å²) in [5, 5.41) is 7.32. The number of aromatic nitrogens is 1. The van der Waals surface area contributed by atoms with Gasteiger partial charge in [0.05, 0.1) is 0 Å². The Morgan fingerprint density at radius 1 is 1.03 bits per heavy atom. The van der Waals surface area contributed by atoms with Crippen molar-refractivity contribution in [1.29, 1.82) is 0 Å². The predicted molar refractivity (Wildman–Crippen MR) is 124 cm³/mol. The second-order valence-corrected chi connectivity index (χ2v) is 10.3. The van der Waals surface area contributed by atoms with Crippen LogP contribution in [0.5, 0.6) is 0 Å². The van der Waals surface area contributed by atoms with Crippen molar-refractivity contribution in [2.45, 2.75) is 50.3 Å². The second kappa shape index (κ2) is 7.03. The van der Waals surface area contributed by atoms with Gasteiger partial charge in [0, 0.05) is 47.8 Å². The fourth-order valence-corrected chi connectivity index (χ4v) is 5.86. The van der Waals surface area contributed by atoms with E-state index in [1.54, 1.807) is 0 Å². The van der Waals surface area contributed by atoms with Crippen molar-refractivity contribution in [2.24, 2.45) is 0 Å². The van der Waals surface area contributed by atoms with Crippen molar-refractivity contribution < 1.29 is 0 Å². The Kier molecular flexibility index (Phi) is 4.31. The Bertz CT molecular complexity index is 1080. The lowest BCUT2D eigenvalue weighted by Gasteiger charge is -2.32. The lowest BCUT2D eigenvalue weighted by Crippen LogP contribution is -2.35. The van der Waals surface area contributed by atoms with E-state index >= 15 is 0 Å². The largest absolute Gasteiger partial charge is 0.382 e. The van der Waals surface area contributed by atoms with E-state index in [4.69, 9.17) is 0 Å². The van der Waals surface area contributed by atoms with E-state index in [1.165, 1.54) is 83.0 Å². The topological polar surface area (TPSA) is 28.2 Å². The van der Waals surface area contributed by atoms with E-state index in [0.717, 1.165) is 11.7 Å². The Hall–Kier alpha value is -2.04. The van der Waals surface area contributed by atoms with Crippen LogP contribution < -0.4 is 5.32 Å². The highest BCUT2D eigenvalue weighted by atomic mass is 32.2. The summed E-state index contributed by atoms with van der Waals surface area (Å²) in [6.45, 7) is 4.62. The molecule has 3 aromatic rings. The van der Waals surface area contributed by atoms with Crippen molar-refractivity contribution >= 4 is 28.4 Å². The average Bonchev–Trinajstić information content (AvgIpc) is 3.52. The summed E-state index contributed by atoms with van der Waals surface area (Å²) in [5.74, 6) is 0. The first-order chi connectivity index (χ1) is 14.2. The van der Waals surface area contributed by atoms with E-state index in [9.17, 15) is 0 Å². The summed E-state index contributed by atoms with van der Waals surface area (Å²) in [6, 6.07) is 12.1. The van der Waals surface area contributed by atoms with E-state index in [-0.39, 0.29) is 0 Å². The first kappa shape index (κ1) is 17.8. The number of nitrogens with zero attached hydrogens (tertiary/aromatic N) is 2. The molecule has 0 radical (unpaired) electrons. The van der Waals surface area contributed by atoms with Crippen molar-refractivity contribution in [3.63, 3.8) is 0 Å². The molecule has 1 aliphatic heterocycles. The van der Waals surface area contributed by atoms with E-state index in [0.29, 0.717) is 6.04 Å². The molecule has 148 valence electrons. The van der Waals surface area contributed by atoms with E-state index in [2.05, 4.69) is 63.8 Å². The lowest BCUT2D eigenvalue weighted by molar-refractivity contribution is 0.358. The molecule has 1 saturated heterocycles. The van der Waals surface area contributed by atoms with Gasteiger partial charge in [-0.3, -0.25) is 9.29 Å². The van der Waals surface area contributed by atoms with Gasteiger partial charge >= 0.3 is 0 Å². The fourth-order valence-electron chi connectivity index (χ4n) is 4.67. The van der Waals surface area contributed by atoms with Gasteiger partial charge in [0.15, 0.2) is 0 Å². The lowest BCUT2D eigenvalue weighted by atomic mass is 9.82. The molecular formula is C25H27N3S. The third kappa shape index (κ3) is 3.43. The van der Waals surface area contributed by atoms with Gasteiger partial charge in [0.2, 0.25) is 0 Å². The molecule has 1 saturated carbocycles. The molecule has 4 heteroatoms. The molecule has 7 rings (SSSR count). The van der Waals surface area contributed by atoms with Crippen LogP contribution in [0.1, 0.15) is 42.4 Å². The van der Waals surface area contributed by atoms with Crippen molar-refractivity contribution in [3.8, 4) is 11.1 Å². The molecule has 3 nitrogen and oxygen atoms in total. The Labute approximate surface area is 177 Å². The van der Waals surface area contributed by atoms with Crippen LogP contribution in [0, 0.1) is 6.92 Å². The number of benzene rings is 2. The maximum Gasteiger partial charge on any atom is 0.0443 e. The number of hydrogen-bond donors (Lipinski definition) is 1. The maximum absolute atomic E-state index is 4.41. The Morgan fingerprint density at radius 3 is 2.62 bits per heavy atom. The monoisotopic (exact) mass is 401 g/mol. The quantitative estimate of drug-likeness (QED) is 0.428. The van der Waals surface area contributed by atoms with Gasteiger partial charge in [-0.25, -0.2) is 0 Å². The van der Waals surface area contributed by atoms with Crippen LogP contribution in [-0.2, 0) is 6.42 Å². The van der Waals surface area contributed by atoms with Gasteiger partial charge in [-0.2, -0.15) is 0 Å². The predicted octanol–water partition coefficient (Wildman–Crippen LogP) is 5.80. The van der Waals surface area contributed by atoms with Crippen LogP contribution in [0.15, 0.2) is 42.7 Å². The molecule has 4 aliphatic rings. The summed E-state index contributed by atoms with van der Waals surface area (Å²) in [6.07, 6.45) is 10.3. The fraction of sp³-hybridized carbons (Fsp3) is 0.400. The zero-order valence-electron chi connectivity index (χ0n) is 16.9. The van der Waals surface area contributed by atoms with Crippen LogP contribution in [0.3, 0.4) is 0 Å². The highest BCUT2D eigenvalue weighted by molar-refractivity contribution is 7.97. The Balaban J connectivity index is 1.29. The average molecular weight is 402 g/mol. The first-order valence-electron chi connectivity index (χ1n) is 10.9. The molecular weight excluding hydrogens is 374 g/mol. The highest BCUT2D eigenvalue weighted by Crippen LogP contribution is 2.40. The third-order valence-electron chi connectivity index (χ3n) is 6.65. The molecule has 0 spiro atoms. The van der Waals surface area contributed by atoms with Crippen molar-refractivity contribution in [1.82, 2.24) is 9.29 Å². The molecule has 0 unspecified atom stereocenters. The van der Waals surface area contributed by atoms with Gasteiger partial charge < -0.3 is 5.32 Å². The third-order valence-corrected chi connectivity index (χ3v) is 8.08. The van der Waals surface area contributed by atoms with Crippen molar-refractivity contribution in [3.05, 3.63) is 59.4 Å². The first-order valence-corrected chi connectivity index (χ1v) is 11.8. The minimum atomic E-state index is 0.543. The molecule has 1 N–H and O–H groups in total. The number of piperidine rings is 1. The molecule has 2 fully saturated rings. The number of anilines is 1. The SMILES string of the molecule is Cc1cc(-c2cc(NC3CCN(SC4CC4)CC3)c3cnccc3c2)c2cc1C2. The summed E-state index contributed by atoms with van der Waals surface area (Å²) in [7, 11) is 0. The zero-order chi connectivity index (χ0) is 19.4. The highest BCUT2D eigenvalue weighted by Gasteiger charge is 2.28. The minimum Gasteiger partial charge on any atom is -0.382 e. The van der Waals surface area contributed by atoms with Gasteiger partial charge in [-0.1, -0.05) is 24.1 Å². The standard InChI is InChI=1S/C25H27N3S/c1-16-10-23(19-12-18(16)13-19)20-11-17-4-7-26-15-24(17)25(14-20)27-21-5-8-28(9-6-21)29-22-2-3-22/h4,7,10-12,14-15,21-22,27H,2-3,5-6,8-9,13H2,1H3. The molecule has 2 aromatic carbocycles. The summed E-state index contributed by atoms with van der Waals surface area (Å²) < 4.78 is 2.59. The summed E-state index contributed by atoms with van der Waals surface area (Å²) in [5.41, 5.74) is 8.37. The normalized spacial score (nSPS) is 19.3. The van der Waals surface area contributed by atoms with Gasteiger partial charge in [0.1, 0.15) is 0 Å². The van der Waals surface area contributed by atoms with Crippen LogP contribution in [-0.4, -0.2) is 33.7 Å². The van der Waals surface area contributed by atoms with E-state index in [1.807, 2.05) is 12.4 Å². The molecule has 3 aliphatic carbocycles. The molecule has 0 amide bonds. The number of rotatable bonds is 5. The smallest absolute Gasteiger partial charge is 0.0443 e. The zero-order valence-corrected chi connectivity index (χ0v) is 17.8. The molecule has 29 heavy (non-hydrogen) atoms. The van der Waals surface area contributed by atoms with Gasteiger partial charge in [0.25, 0.3) is 0 Å². The number of nitrogens with one attached hydrogen (secondary N) is 1. The van der Waals surface area contributed by atoms with Crippen LogP contribution in [0.4, 0.5) is 5.69 Å².